The summed E-state index contributed by atoms with van der Waals surface area (Å²) in [5.41, 5.74) is 3.46. The predicted molar refractivity (Wildman–Crippen MR) is 73.8 cm³/mol. The average molecular weight is 253 g/mol. The van der Waals surface area contributed by atoms with Crippen molar-refractivity contribution in [2.24, 2.45) is 0 Å². The standard InChI is InChI=1S/C15H15N3O/c1-3-13(11-18-7-2-6-17-18)9-15(4-1)16-10-14-5-8-19-12-14/h1-9,12,16H,10-11H2. The van der Waals surface area contributed by atoms with Gasteiger partial charge in [-0.1, -0.05) is 12.1 Å². The number of aromatic nitrogens is 2. The van der Waals surface area contributed by atoms with Gasteiger partial charge in [0.2, 0.25) is 0 Å². The number of rotatable bonds is 5. The molecular weight excluding hydrogens is 238 g/mol. The Hall–Kier alpha value is -2.49. The molecule has 4 nitrogen and oxygen atoms in total. The molecule has 0 spiro atoms. The lowest BCUT2D eigenvalue weighted by Gasteiger charge is -2.07. The molecule has 19 heavy (non-hydrogen) atoms. The molecular formula is C15H15N3O. The van der Waals surface area contributed by atoms with Crippen molar-refractivity contribution in [3.63, 3.8) is 0 Å². The molecule has 2 aromatic heterocycles. The molecule has 3 aromatic rings. The van der Waals surface area contributed by atoms with Gasteiger partial charge >= 0.3 is 0 Å². The zero-order chi connectivity index (χ0) is 12.9. The summed E-state index contributed by atoms with van der Waals surface area (Å²) >= 11 is 0. The number of furan rings is 1. The van der Waals surface area contributed by atoms with Gasteiger partial charge < -0.3 is 9.73 Å². The van der Waals surface area contributed by atoms with Crippen molar-refractivity contribution in [3.05, 3.63) is 72.4 Å². The van der Waals surface area contributed by atoms with Gasteiger partial charge in [0, 0.05) is 30.2 Å². The molecule has 0 aliphatic rings. The molecule has 0 saturated carbocycles. The van der Waals surface area contributed by atoms with E-state index in [4.69, 9.17) is 4.42 Å². The number of benzene rings is 1. The smallest absolute Gasteiger partial charge is 0.0952 e. The fourth-order valence-electron chi connectivity index (χ4n) is 1.96. The van der Waals surface area contributed by atoms with Crippen molar-refractivity contribution >= 4 is 5.69 Å². The van der Waals surface area contributed by atoms with Crippen molar-refractivity contribution in [2.45, 2.75) is 13.1 Å². The third-order valence-electron chi connectivity index (χ3n) is 2.91. The molecule has 3 rings (SSSR count). The Labute approximate surface area is 111 Å². The van der Waals surface area contributed by atoms with Gasteiger partial charge in [0.15, 0.2) is 0 Å². The zero-order valence-electron chi connectivity index (χ0n) is 10.5. The highest BCUT2D eigenvalue weighted by Crippen LogP contribution is 2.13. The van der Waals surface area contributed by atoms with Crippen LogP contribution in [0.4, 0.5) is 5.69 Å². The van der Waals surface area contributed by atoms with Gasteiger partial charge in [-0.15, -0.1) is 0 Å². The van der Waals surface area contributed by atoms with Gasteiger partial charge in [-0.2, -0.15) is 5.10 Å². The minimum absolute atomic E-state index is 0.766. The minimum atomic E-state index is 0.766. The van der Waals surface area contributed by atoms with Gasteiger partial charge in [-0.05, 0) is 29.8 Å². The summed E-state index contributed by atoms with van der Waals surface area (Å²) in [5.74, 6) is 0. The summed E-state index contributed by atoms with van der Waals surface area (Å²) in [4.78, 5) is 0. The summed E-state index contributed by atoms with van der Waals surface area (Å²) in [6, 6.07) is 12.2. The van der Waals surface area contributed by atoms with Crippen LogP contribution in [0.15, 0.2) is 65.7 Å². The molecule has 1 N–H and O–H groups in total. The van der Waals surface area contributed by atoms with E-state index in [0.29, 0.717) is 0 Å². The number of hydrogen-bond acceptors (Lipinski definition) is 3. The van der Waals surface area contributed by atoms with Crippen molar-refractivity contribution in [3.8, 4) is 0 Å². The first-order valence-corrected chi connectivity index (χ1v) is 6.21. The first kappa shape index (κ1) is 11.6. The summed E-state index contributed by atoms with van der Waals surface area (Å²) in [7, 11) is 0. The Kier molecular flexibility index (Phi) is 3.32. The second-order valence-electron chi connectivity index (χ2n) is 4.39. The number of nitrogens with one attached hydrogen (secondary N) is 1. The molecule has 0 aliphatic heterocycles. The van der Waals surface area contributed by atoms with Crippen LogP contribution in [0.5, 0.6) is 0 Å². The van der Waals surface area contributed by atoms with Gasteiger partial charge in [-0.3, -0.25) is 4.68 Å². The minimum Gasteiger partial charge on any atom is -0.472 e. The quantitative estimate of drug-likeness (QED) is 0.759. The Morgan fingerprint density at radius 2 is 2.16 bits per heavy atom. The molecule has 0 unspecified atom stereocenters. The lowest BCUT2D eigenvalue weighted by molar-refractivity contribution is 0.564. The van der Waals surface area contributed by atoms with E-state index >= 15 is 0 Å². The van der Waals surface area contributed by atoms with Crippen LogP contribution in [0.1, 0.15) is 11.1 Å². The maximum absolute atomic E-state index is 5.05. The Morgan fingerprint density at radius 1 is 1.16 bits per heavy atom. The molecule has 1 aromatic carbocycles. The molecule has 0 radical (unpaired) electrons. The highest BCUT2D eigenvalue weighted by atomic mass is 16.3. The first-order chi connectivity index (χ1) is 9.40. The van der Waals surface area contributed by atoms with Crippen LogP contribution in [-0.4, -0.2) is 9.78 Å². The fraction of sp³-hybridized carbons (Fsp3) is 0.133. The SMILES string of the molecule is c1cc(Cn2cccn2)cc(NCc2ccoc2)c1. The second kappa shape index (κ2) is 5.44. The lowest BCUT2D eigenvalue weighted by atomic mass is 10.2. The largest absolute Gasteiger partial charge is 0.472 e. The van der Waals surface area contributed by atoms with Gasteiger partial charge in [0.25, 0.3) is 0 Å². The summed E-state index contributed by atoms with van der Waals surface area (Å²) < 4.78 is 6.96. The third-order valence-corrected chi connectivity index (χ3v) is 2.91. The second-order valence-corrected chi connectivity index (χ2v) is 4.39. The van der Waals surface area contributed by atoms with Crippen molar-refractivity contribution in [2.75, 3.05) is 5.32 Å². The predicted octanol–water partition coefficient (Wildman–Crippen LogP) is 3.14. The van der Waals surface area contributed by atoms with Crippen molar-refractivity contribution in [1.82, 2.24) is 9.78 Å². The lowest BCUT2D eigenvalue weighted by Crippen LogP contribution is -2.02. The topological polar surface area (TPSA) is 43.0 Å². The molecule has 96 valence electrons. The fourth-order valence-corrected chi connectivity index (χ4v) is 1.96. The summed E-state index contributed by atoms with van der Waals surface area (Å²) in [5, 5.41) is 7.59. The van der Waals surface area contributed by atoms with E-state index in [-0.39, 0.29) is 0 Å². The molecule has 0 amide bonds. The molecule has 0 fully saturated rings. The molecule has 0 saturated heterocycles. The number of hydrogen-bond donors (Lipinski definition) is 1. The summed E-state index contributed by atoms with van der Waals surface area (Å²) in [6.07, 6.45) is 7.19. The van der Waals surface area contributed by atoms with E-state index in [1.165, 1.54) is 5.56 Å². The highest BCUT2D eigenvalue weighted by Gasteiger charge is 1.99. The number of anilines is 1. The normalized spacial score (nSPS) is 10.5. The van der Waals surface area contributed by atoms with Crippen LogP contribution >= 0.6 is 0 Å². The van der Waals surface area contributed by atoms with Gasteiger partial charge in [0.05, 0.1) is 19.1 Å². The van der Waals surface area contributed by atoms with Crippen LogP contribution in [0, 0.1) is 0 Å². The van der Waals surface area contributed by atoms with Gasteiger partial charge in [0.1, 0.15) is 0 Å². The first-order valence-electron chi connectivity index (χ1n) is 6.21. The molecule has 2 heterocycles. The molecule has 4 heteroatoms. The molecule has 0 bridgehead atoms. The van der Waals surface area contributed by atoms with Crippen LogP contribution in [0.2, 0.25) is 0 Å². The van der Waals surface area contributed by atoms with E-state index in [9.17, 15) is 0 Å². The average Bonchev–Trinajstić information content (AvgIpc) is 3.10. The van der Waals surface area contributed by atoms with E-state index in [1.54, 1.807) is 18.7 Å². The zero-order valence-corrected chi connectivity index (χ0v) is 10.5. The van der Waals surface area contributed by atoms with Gasteiger partial charge in [-0.25, -0.2) is 0 Å². The maximum Gasteiger partial charge on any atom is 0.0952 e. The van der Waals surface area contributed by atoms with E-state index in [1.807, 2.05) is 23.0 Å². The molecule has 0 aliphatic carbocycles. The van der Waals surface area contributed by atoms with Crippen molar-refractivity contribution < 1.29 is 4.42 Å². The van der Waals surface area contributed by atoms with E-state index < -0.39 is 0 Å². The Balaban J connectivity index is 1.66. The van der Waals surface area contributed by atoms with Crippen LogP contribution in [0.25, 0.3) is 0 Å². The van der Waals surface area contributed by atoms with Crippen LogP contribution < -0.4 is 5.32 Å². The molecule has 0 atom stereocenters. The highest BCUT2D eigenvalue weighted by molar-refractivity contribution is 5.46. The van der Waals surface area contributed by atoms with Crippen molar-refractivity contribution in [1.29, 1.82) is 0 Å². The van der Waals surface area contributed by atoms with Crippen LogP contribution in [0.3, 0.4) is 0 Å². The summed E-state index contributed by atoms with van der Waals surface area (Å²) in [6.45, 7) is 1.55. The number of nitrogens with zero attached hydrogens (tertiary/aromatic N) is 2. The third kappa shape index (κ3) is 3.04. The Morgan fingerprint density at radius 3 is 2.95 bits per heavy atom. The Bertz CT molecular complexity index is 615. The van der Waals surface area contributed by atoms with E-state index in [0.717, 1.165) is 24.3 Å². The van der Waals surface area contributed by atoms with Crippen LogP contribution in [-0.2, 0) is 13.1 Å². The van der Waals surface area contributed by atoms with E-state index in [2.05, 4.69) is 34.7 Å². The maximum atomic E-state index is 5.05. The monoisotopic (exact) mass is 253 g/mol.